The molecule has 0 aliphatic carbocycles. The third-order valence-corrected chi connectivity index (χ3v) is 7.74. The standard InChI is InChI=1S/C32H40N4O3/c1-3-35(4-2)28-13-10-25(11-14-28)20-34-27-19-29(36(22-27)21-26-8-6-5-7-9-26)32(37)33-17-16-24-12-15-30-31(18-24)39-23-38-30/h5-15,18,27,29,34H,3-4,16-17,19-23H2,1-2H3,(H,33,37)/t27-,29-/m0/s1. The lowest BCUT2D eigenvalue weighted by atomic mass is 10.1. The van der Waals surface area contributed by atoms with Gasteiger partial charge >= 0.3 is 0 Å². The molecule has 3 aromatic rings. The van der Waals surface area contributed by atoms with Crippen molar-refractivity contribution in [2.24, 2.45) is 0 Å². The molecule has 2 aliphatic rings. The van der Waals surface area contributed by atoms with Gasteiger partial charge in [0.15, 0.2) is 11.5 Å². The van der Waals surface area contributed by atoms with Gasteiger partial charge in [-0.05, 0) is 67.6 Å². The molecule has 7 heteroatoms. The first-order valence-corrected chi connectivity index (χ1v) is 14.1. The zero-order valence-electron chi connectivity index (χ0n) is 23.1. The minimum Gasteiger partial charge on any atom is -0.454 e. The maximum absolute atomic E-state index is 13.4. The molecule has 0 radical (unpaired) electrons. The number of carbonyl (C=O) groups excluding carboxylic acids is 1. The number of ether oxygens (including phenoxy) is 2. The van der Waals surface area contributed by atoms with Crippen molar-refractivity contribution in [1.82, 2.24) is 15.5 Å². The number of likely N-dealkylation sites (tertiary alicyclic amines) is 1. The Hall–Kier alpha value is -3.55. The molecule has 3 aromatic carbocycles. The molecular weight excluding hydrogens is 488 g/mol. The molecule has 2 aliphatic heterocycles. The van der Waals surface area contributed by atoms with Crippen molar-refractivity contribution < 1.29 is 14.3 Å². The number of anilines is 1. The van der Waals surface area contributed by atoms with Crippen molar-refractivity contribution in [2.75, 3.05) is 37.9 Å². The van der Waals surface area contributed by atoms with Crippen LogP contribution in [0.1, 0.15) is 37.0 Å². The Balaban J connectivity index is 1.17. The Kier molecular flexibility index (Phi) is 9.01. The highest BCUT2D eigenvalue weighted by atomic mass is 16.7. The second-order valence-electron chi connectivity index (χ2n) is 10.3. The number of hydrogen-bond acceptors (Lipinski definition) is 6. The Bertz CT molecular complexity index is 1210. The summed E-state index contributed by atoms with van der Waals surface area (Å²) in [7, 11) is 0. The summed E-state index contributed by atoms with van der Waals surface area (Å²) in [6, 6.07) is 25.3. The molecule has 2 heterocycles. The smallest absolute Gasteiger partial charge is 0.237 e. The first-order valence-electron chi connectivity index (χ1n) is 14.1. The fourth-order valence-electron chi connectivity index (χ4n) is 5.54. The highest BCUT2D eigenvalue weighted by Crippen LogP contribution is 2.32. The lowest BCUT2D eigenvalue weighted by Crippen LogP contribution is -2.43. The van der Waals surface area contributed by atoms with E-state index in [9.17, 15) is 4.79 Å². The summed E-state index contributed by atoms with van der Waals surface area (Å²) in [5, 5.41) is 6.91. The van der Waals surface area contributed by atoms with Crippen molar-refractivity contribution in [3.8, 4) is 11.5 Å². The molecule has 0 bridgehead atoms. The van der Waals surface area contributed by atoms with Crippen LogP contribution in [-0.4, -0.2) is 55.9 Å². The summed E-state index contributed by atoms with van der Waals surface area (Å²) in [6.07, 6.45) is 1.54. The summed E-state index contributed by atoms with van der Waals surface area (Å²) >= 11 is 0. The van der Waals surface area contributed by atoms with Gasteiger partial charge in [0, 0.05) is 51.0 Å². The molecule has 2 N–H and O–H groups in total. The molecule has 5 rings (SSSR count). The molecule has 206 valence electrons. The Morgan fingerprint density at radius 3 is 2.44 bits per heavy atom. The van der Waals surface area contributed by atoms with Gasteiger partial charge in [-0.15, -0.1) is 0 Å². The number of amides is 1. The number of benzene rings is 3. The Morgan fingerprint density at radius 2 is 1.67 bits per heavy atom. The van der Waals surface area contributed by atoms with Gasteiger partial charge < -0.3 is 25.0 Å². The maximum atomic E-state index is 13.4. The van der Waals surface area contributed by atoms with Crippen LogP contribution in [0.15, 0.2) is 72.8 Å². The van der Waals surface area contributed by atoms with Gasteiger partial charge in [0.1, 0.15) is 0 Å². The van der Waals surface area contributed by atoms with Crippen LogP contribution in [0.3, 0.4) is 0 Å². The molecule has 0 unspecified atom stereocenters. The highest BCUT2D eigenvalue weighted by molar-refractivity contribution is 5.82. The number of hydrogen-bond donors (Lipinski definition) is 2. The van der Waals surface area contributed by atoms with Crippen LogP contribution in [-0.2, 0) is 24.3 Å². The maximum Gasteiger partial charge on any atom is 0.237 e. The van der Waals surface area contributed by atoms with E-state index in [-0.39, 0.29) is 24.8 Å². The predicted molar refractivity (Wildman–Crippen MR) is 155 cm³/mol. The van der Waals surface area contributed by atoms with E-state index < -0.39 is 0 Å². The molecule has 1 amide bonds. The van der Waals surface area contributed by atoms with E-state index in [1.54, 1.807) is 0 Å². The van der Waals surface area contributed by atoms with Crippen LogP contribution in [0.5, 0.6) is 11.5 Å². The Morgan fingerprint density at radius 1 is 0.923 bits per heavy atom. The largest absolute Gasteiger partial charge is 0.454 e. The van der Waals surface area contributed by atoms with E-state index >= 15 is 0 Å². The quantitative estimate of drug-likeness (QED) is 0.364. The molecule has 1 saturated heterocycles. The number of carbonyl (C=O) groups is 1. The van der Waals surface area contributed by atoms with E-state index in [1.807, 2.05) is 24.3 Å². The van der Waals surface area contributed by atoms with E-state index in [0.29, 0.717) is 6.54 Å². The third-order valence-electron chi connectivity index (χ3n) is 7.74. The predicted octanol–water partition coefficient (Wildman–Crippen LogP) is 4.35. The molecule has 1 fully saturated rings. The van der Waals surface area contributed by atoms with E-state index in [2.05, 4.69) is 82.8 Å². The van der Waals surface area contributed by atoms with Crippen LogP contribution < -0.4 is 25.0 Å². The van der Waals surface area contributed by atoms with Crippen molar-refractivity contribution in [3.63, 3.8) is 0 Å². The highest BCUT2D eigenvalue weighted by Gasteiger charge is 2.36. The van der Waals surface area contributed by atoms with Crippen LogP contribution >= 0.6 is 0 Å². The van der Waals surface area contributed by atoms with Crippen molar-refractivity contribution >= 4 is 11.6 Å². The van der Waals surface area contributed by atoms with Crippen LogP contribution in [0.25, 0.3) is 0 Å². The molecular formula is C32H40N4O3. The van der Waals surface area contributed by atoms with Gasteiger partial charge in [0.25, 0.3) is 0 Å². The van der Waals surface area contributed by atoms with Gasteiger partial charge in [-0.2, -0.15) is 0 Å². The first kappa shape index (κ1) is 27.0. The second kappa shape index (κ2) is 13.0. The lowest BCUT2D eigenvalue weighted by molar-refractivity contribution is -0.125. The van der Waals surface area contributed by atoms with Gasteiger partial charge in [-0.3, -0.25) is 9.69 Å². The minimum atomic E-state index is -0.162. The zero-order chi connectivity index (χ0) is 27.0. The van der Waals surface area contributed by atoms with E-state index in [0.717, 1.165) is 62.6 Å². The van der Waals surface area contributed by atoms with E-state index in [4.69, 9.17) is 9.47 Å². The van der Waals surface area contributed by atoms with Crippen molar-refractivity contribution in [3.05, 3.63) is 89.5 Å². The average molecular weight is 529 g/mol. The molecule has 0 aromatic heterocycles. The van der Waals surface area contributed by atoms with Crippen molar-refractivity contribution in [1.29, 1.82) is 0 Å². The van der Waals surface area contributed by atoms with Crippen LogP contribution in [0.4, 0.5) is 5.69 Å². The zero-order valence-corrected chi connectivity index (χ0v) is 23.1. The lowest BCUT2D eigenvalue weighted by Gasteiger charge is -2.23. The van der Waals surface area contributed by atoms with Gasteiger partial charge in [0.2, 0.25) is 12.7 Å². The van der Waals surface area contributed by atoms with Gasteiger partial charge in [-0.25, -0.2) is 0 Å². The first-order chi connectivity index (χ1) is 19.1. The second-order valence-corrected chi connectivity index (χ2v) is 10.3. The van der Waals surface area contributed by atoms with E-state index in [1.165, 1.54) is 16.8 Å². The SMILES string of the molecule is CCN(CC)c1ccc(CN[C@H]2C[C@@H](C(=O)NCCc3ccc4c(c3)OCO4)N(Cc3ccccc3)C2)cc1. The summed E-state index contributed by atoms with van der Waals surface area (Å²) in [5.41, 5.74) is 4.87. The molecule has 7 nitrogen and oxygen atoms in total. The van der Waals surface area contributed by atoms with Crippen molar-refractivity contribution in [2.45, 2.75) is 51.9 Å². The summed E-state index contributed by atoms with van der Waals surface area (Å²) in [4.78, 5) is 18.0. The fraction of sp³-hybridized carbons (Fsp3) is 0.406. The number of rotatable bonds is 12. The minimum absolute atomic E-state index is 0.0968. The molecule has 39 heavy (non-hydrogen) atoms. The molecule has 2 atom stereocenters. The average Bonchev–Trinajstić information content (AvgIpc) is 3.60. The Labute approximate surface area is 232 Å². The number of nitrogens with zero attached hydrogens (tertiary/aromatic N) is 2. The normalized spacial score (nSPS) is 18.3. The summed E-state index contributed by atoms with van der Waals surface area (Å²) in [5.74, 6) is 1.66. The van der Waals surface area contributed by atoms with Gasteiger partial charge in [0.05, 0.1) is 6.04 Å². The number of fused-ring (bicyclic) bond motifs is 1. The fourth-order valence-corrected chi connectivity index (χ4v) is 5.54. The van der Waals surface area contributed by atoms with Crippen LogP contribution in [0.2, 0.25) is 0 Å². The van der Waals surface area contributed by atoms with Crippen LogP contribution in [0, 0.1) is 0 Å². The molecule has 0 saturated carbocycles. The monoisotopic (exact) mass is 528 g/mol. The third kappa shape index (κ3) is 6.91. The summed E-state index contributed by atoms with van der Waals surface area (Å²) < 4.78 is 10.9. The van der Waals surface area contributed by atoms with Gasteiger partial charge in [-0.1, -0.05) is 48.5 Å². The summed E-state index contributed by atoms with van der Waals surface area (Å²) in [6.45, 7) is 9.64. The topological polar surface area (TPSA) is 66.1 Å². The molecule has 0 spiro atoms. The number of nitrogens with one attached hydrogen (secondary N) is 2.